The normalized spacial score (nSPS) is 12.9. The highest BCUT2D eigenvalue weighted by atomic mass is 35.5. The number of sulfonamides is 1. The van der Waals surface area contributed by atoms with Crippen LogP contribution in [0.3, 0.4) is 0 Å². The summed E-state index contributed by atoms with van der Waals surface area (Å²) in [5.41, 5.74) is 0.994. The number of carbonyl (C=O) groups is 1. The van der Waals surface area contributed by atoms with Crippen LogP contribution in [0.5, 0.6) is 5.75 Å². The molecule has 2 rings (SSSR count). The fourth-order valence-electron chi connectivity index (χ4n) is 2.51. The zero-order valence-corrected chi connectivity index (χ0v) is 18.1. The van der Waals surface area contributed by atoms with E-state index in [1.54, 1.807) is 0 Å². The van der Waals surface area contributed by atoms with Crippen molar-refractivity contribution in [1.82, 2.24) is 9.62 Å². The fraction of sp³-hybridized carbons (Fsp3) is 0.350. The Morgan fingerprint density at radius 3 is 2.21 bits per heavy atom. The van der Waals surface area contributed by atoms with Gasteiger partial charge in [0.25, 0.3) is 5.91 Å². The summed E-state index contributed by atoms with van der Waals surface area (Å²) in [6.07, 6.45) is 0.0795. The summed E-state index contributed by atoms with van der Waals surface area (Å²) in [5.74, 6) is 0.303. The molecule has 6 nitrogen and oxygen atoms in total. The van der Waals surface area contributed by atoms with Crippen molar-refractivity contribution in [3.63, 3.8) is 0 Å². The molecule has 2 aromatic carbocycles. The van der Waals surface area contributed by atoms with Gasteiger partial charge in [-0.15, -0.1) is 0 Å². The van der Waals surface area contributed by atoms with Crippen molar-refractivity contribution in [2.24, 2.45) is 0 Å². The second kappa shape index (κ2) is 8.94. The van der Waals surface area contributed by atoms with Gasteiger partial charge in [0.05, 0.1) is 27.6 Å². The number of ether oxygens (including phenoxy) is 1. The Morgan fingerprint density at radius 2 is 1.68 bits per heavy atom. The first-order valence-corrected chi connectivity index (χ1v) is 10.6. The third-order valence-electron chi connectivity index (χ3n) is 4.06. The number of hydrogen-bond donors (Lipinski definition) is 1. The first-order chi connectivity index (χ1) is 13.0. The third kappa shape index (κ3) is 5.25. The number of rotatable bonds is 7. The van der Waals surface area contributed by atoms with E-state index in [0.29, 0.717) is 0 Å². The lowest BCUT2D eigenvalue weighted by Gasteiger charge is -2.17. The predicted molar refractivity (Wildman–Crippen MR) is 110 cm³/mol. The smallest absolute Gasteiger partial charge is 0.253 e. The highest BCUT2D eigenvalue weighted by Crippen LogP contribution is 2.24. The number of nitrogens with one attached hydrogen (secondary N) is 1. The first-order valence-electron chi connectivity index (χ1n) is 8.82. The number of nitrogens with zero attached hydrogens (tertiary/aromatic N) is 1. The molecule has 0 bridgehead atoms. The zero-order chi connectivity index (χ0) is 21.1. The minimum Gasteiger partial charge on any atom is -0.491 e. The van der Waals surface area contributed by atoms with Gasteiger partial charge in [-0.1, -0.05) is 23.7 Å². The van der Waals surface area contributed by atoms with E-state index in [1.807, 2.05) is 45.0 Å². The van der Waals surface area contributed by atoms with Crippen molar-refractivity contribution >= 4 is 27.5 Å². The van der Waals surface area contributed by atoms with Gasteiger partial charge >= 0.3 is 0 Å². The Kier molecular flexibility index (Phi) is 7.09. The molecule has 0 aliphatic rings. The van der Waals surface area contributed by atoms with Crippen molar-refractivity contribution in [3.05, 3.63) is 58.6 Å². The number of amides is 1. The maximum absolute atomic E-state index is 12.7. The van der Waals surface area contributed by atoms with Gasteiger partial charge in [0.2, 0.25) is 10.0 Å². The molecule has 0 spiro atoms. The number of halogens is 1. The molecule has 28 heavy (non-hydrogen) atoms. The molecule has 1 amide bonds. The zero-order valence-electron chi connectivity index (χ0n) is 16.6. The van der Waals surface area contributed by atoms with Crippen LogP contribution in [0.15, 0.2) is 47.4 Å². The van der Waals surface area contributed by atoms with E-state index < -0.39 is 15.9 Å². The van der Waals surface area contributed by atoms with E-state index in [4.69, 9.17) is 16.3 Å². The highest BCUT2D eigenvalue weighted by Gasteiger charge is 2.21. The van der Waals surface area contributed by atoms with E-state index in [9.17, 15) is 13.2 Å². The largest absolute Gasteiger partial charge is 0.491 e. The van der Waals surface area contributed by atoms with Gasteiger partial charge in [0.1, 0.15) is 5.75 Å². The van der Waals surface area contributed by atoms with Crippen LogP contribution in [0.4, 0.5) is 0 Å². The van der Waals surface area contributed by atoms with Crippen LogP contribution >= 0.6 is 11.6 Å². The standard InChI is InChI=1S/C20H25ClN2O4S/c1-13(2)27-16-8-6-15(7-9-16)14(3)22-20(24)18-12-17(10-11-19(18)21)28(25,26)23(4)5/h6-14H,1-5H3,(H,22,24). The molecule has 0 radical (unpaired) electrons. The van der Waals surface area contributed by atoms with Crippen molar-refractivity contribution in [3.8, 4) is 5.75 Å². The summed E-state index contributed by atoms with van der Waals surface area (Å²) in [6.45, 7) is 5.74. The van der Waals surface area contributed by atoms with Crippen LogP contribution in [0.2, 0.25) is 5.02 Å². The first kappa shape index (κ1) is 22.2. The van der Waals surface area contributed by atoms with Crippen LogP contribution in [0, 0.1) is 0 Å². The molecule has 1 atom stereocenters. The van der Waals surface area contributed by atoms with E-state index in [2.05, 4.69) is 5.32 Å². The summed E-state index contributed by atoms with van der Waals surface area (Å²) < 4.78 is 31.3. The van der Waals surface area contributed by atoms with E-state index in [-0.39, 0.29) is 27.6 Å². The van der Waals surface area contributed by atoms with Crippen LogP contribution in [0.1, 0.15) is 42.7 Å². The molecule has 1 unspecified atom stereocenters. The average molecular weight is 425 g/mol. The minimum atomic E-state index is -3.66. The van der Waals surface area contributed by atoms with Gasteiger partial charge in [-0.25, -0.2) is 12.7 Å². The van der Waals surface area contributed by atoms with Crippen molar-refractivity contribution in [2.75, 3.05) is 14.1 Å². The van der Waals surface area contributed by atoms with Crippen LogP contribution < -0.4 is 10.1 Å². The summed E-state index contributed by atoms with van der Waals surface area (Å²) >= 11 is 6.13. The Bertz CT molecular complexity index is 941. The Labute approximate surface area is 171 Å². The van der Waals surface area contributed by atoms with Crippen LogP contribution in [-0.2, 0) is 10.0 Å². The molecule has 0 aliphatic carbocycles. The SMILES string of the molecule is CC(C)Oc1ccc(C(C)NC(=O)c2cc(S(=O)(=O)N(C)C)ccc2Cl)cc1. The molecule has 0 fully saturated rings. The monoisotopic (exact) mass is 424 g/mol. The molecular formula is C20H25ClN2O4S. The maximum atomic E-state index is 12.7. The molecule has 0 heterocycles. The average Bonchev–Trinajstić information content (AvgIpc) is 2.61. The summed E-state index contributed by atoms with van der Waals surface area (Å²) in [7, 11) is -0.806. The van der Waals surface area contributed by atoms with Gasteiger partial charge in [-0.3, -0.25) is 4.79 Å². The van der Waals surface area contributed by atoms with E-state index in [1.165, 1.54) is 32.3 Å². The molecule has 8 heteroatoms. The lowest BCUT2D eigenvalue weighted by molar-refractivity contribution is 0.0940. The molecular weight excluding hydrogens is 400 g/mol. The molecule has 1 N–H and O–H groups in total. The number of carbonyl (C=O) groups excluding carboxylic acids is 1. The third-order valence-corrected chi connectivity index (χ3v) is 6.20. The van der Waals surface area contributed by atoms with Crippen LogP contribution in [0.25, 0.3) is 0 Å². The Hall–Kier alpha value is -2.09. The van der Waals surface area contributed by atoms with Crippen molar-refractivity contribution in [1.29, 1.82) is 0 Å². The number of benzene rings is 2. The molecule has 152 valence electrons. The second-order valence-corrected chi connectivity index (χ2v) is 9.42. The lowest BCUT2D eigenvalue weighted by atomic mass is 10.1. The van der Waals surface area contributed by atoms with Gasteiger partial charge in [0, 0.05) is 14.1 Å². The van der Waals surface area contributed by atoms with Gasteiger partial charge in [0.15, 0.2) is 0 Å². The summed E-state index contributed by atoms with van der Waals surface area (Å²) in [5, 5.41) is 3.03. The lowest BCUT2D eigenvalue weighted by Crippen LogP contribution is -2.28. The molecule has 0 saturated carbocycles. The van der Waals surface area contributed by atoms with Gasteiger partial charge in [-0.05, 0) is 56.7 Å². The van der Waals surface area contributed by atoms with Crippen molar-refractivity contribution < 1.29 is 17.9 Å². The fourth-order valence-corrected chi connectivity index (χ4v) is 3.65. The highest BCUT2D eigenvalue weighted by molar-refractivity contribution is 7.89. The Balaban J connectivity index is 2.20. The molecule has 0 aliphatic heterocycles. The maximum Gasteiger partial charge on any atom is 0.253 e. The summed E-state index contributed by atoms with van der Waals surface area (Å²) in [4.78, 5) is 12.7. The quantitative estimate of drug-likeness (QED) is 0.732. The van der Waals surface area contributed by atoms with E-state index >= 15 is 0 Å². The van der Waals surface area contributed by atoms with E-state index in [0.717, 1.165) is 15.6 Å². The summed E-state index contributed by atoms with van der Waals surface area (Å²) in [6, 6.07) is 11.2. The van der Waals surface area contributed by atoms with Crippen LogP contribution in [-0.4, -0.2) is 38.8 Å². The molecule has 0 saturated heterocycles. The second-order valence-electron chi connectivity index (χ2n) is 6.86. The van der Waals surface area contributed by atoms with Crippen molar-refractivity contribution in [2.45, 2.75) is 37.8 Å². The van der Waals surface area contributed by atoms with Gasteiger partial charge < -0.3 is 10.1 Å². The molecule has 2 aromatic rings. The topological polar surface area (TPSA) is 75.7 Å². The predicted octanol–water partition coefficient (Wildman–Crippen LogP) is 3.87. The molecule has 0 aromatic heterocycles. The Morgan fingerprint density at radius 1 is 1.07 bits per heavy atom. The van der Waals surface area contributed by atoms with Gasteiger partial charge in [-0.2, -0.15) is 0 Å². The minimum absolute atomic E-state index is 0.00916. The number of hydrogen-bond acceptors (Lipinski definition) is 4.